The molecule has 8 heteroatoms. The summed E-state index contributed by atoms with van der Waals surface area (Å²) in [5, 5.41) is 16.5. The Labute approximate surface area is 146 Å². The zero-order valence-electron chi connectivity index (χ0n) is 12.7. The summed E-state index contributed by atoms with van der Waals surface area (Å²) in [6.45, 7) is -0.0310. The second-order valence-corrected chi connectivity index (χ2v) is 5.56. The predicted octanol–water partition coefficient (Wildman–Crippen LogP) is 2.86. The summed E-state index contributed by atoms with van der Waals surface area (Å²) in [4.78, 5) is 11.7. The topological polar surface area (TPSA) is 83.0 Å². The van der Waals surface area contributed by atoms with Crippen LogP contribution in [0.5, 0.6) is 11.5 Å². The standard InChI is InChI=1S/C16H15BrFN3O3/c1-24-13-6-10(16(23)14(17)7-13)8-20-21-15(22)9-19-12-4-2-11(18)3-5-12/h2-8,19,23H,9H2,1H3,(H,21,22)/b20-8-. The molecule has 0 aliphatic carbocycles. The summed E-state index contributed by atoms with van der Waals surface area (Å²) in [7, 11) is 1.50. The third-order valence-corrected chi connectivity index (χ3v) is 3.60. The maximum Gasteiger partial charge on any atom is 0.259 e. The van der Waals surface area contributed by atoms with Gasteiger partial charge in [0.15, 0.2) is 0 Å². The highest BCUT2D eigenvalue weighted by Crippen LogP contribution is 2.31. The van der Waals surface area contributed by atoms with Crippen LogP contribution in [0.4, 0.5) is 10.1 Å². The van der Waals surface area contributed by atoms with Crippen molar-refractivity contribution in [2.75, 3.05) is 19.0 Å². The number of methoxy groups -OCH3 is 1. The number of phenols is 1. The van der Waals surface area contributed by atoms with Gasteiger partial charge in [0.2, 0.25) is 0 Å². The summed E-state index contributed by atoms with van der Waals surface area (Å²) in [6, 6.07) is 8.82. The van der Waals surface area contributed by atoms with Gasteiger partial charge in [-0.3, -0.25) is 4.79 Å². The molecule has 126 valence electrons. The third kappa shape index (κ3) is 4.95. The Kier molecular flexibility index (Phi) is 6.14. The van der Waals surface area contributed by atoms with E-state index in [2.05, 4.69) is 31.8 Å². The molecule has 1 amide bonds. The van der Waals surface area contributed by atoms with Gasteiger partial charge in [0.05, 0.1) is 24.3 Å². The van der Waals surface area contributed by atoms with Gasteiger partial charge < -0.3 is 15.2 Å². The normalized spacial score (nSPS) is 10.6. The van der Waals surface area contributed by atoms with E-state index in [1.165, 1.54) is 37.6 Å². The first-order valence-electron chi connectivity index (χ1n) is 6.87. The number of anilines is 1. The number of nitrogens with one attached hydrogen (secondary N) is 2. The average molecular weight is 396 g/mol. The van der Waals surface area contributed by atoms with Crippen molar-refractivity contribution in [3.05, 3.63) is 52.3 Å². The van der Waals surface area contributed by atoms with Crippen LogP contribution in [0, 0.1) is 5.82 Å². The van der Waals surface area contributed by atoms with E-state index in [0.717, 1.165) is 0 Å². The minimum atomic E-state index is -0.392. The van der Waals surface area contributed by atoms with Gasteiger partial charge in [-0.2, -0.15) is 5.10 Å². The second-order valence-electron chi connectivity index (χ2n) is 4.70. The number of phenolic OH excluding ortho intramolecular Hbond substituents is 1. The van der Waals surface area contributed by atoms with Crippen LogP contribution < -0.4 is 15.5 Å². The fourth-order valence-corrected chi connectivity index (χ4v) is 2.23. The Morgan fingerprint density at radius 2 is 2.08 bits per heavy atom. The molecule has 0 fully saturated rings. The number of hydrogen-bond donors (Lipinski definition) is 3. The molecular weight excluding hydrogens is 381 g/mol. The highest BCUT2D eigenvalue weighted by Gasteiger charge is 2.07. The summed E-state index contributed by atoms with van der Waals surface area (Å²) < 4.78 is 18.3. The van der Waals surface area contributed by atoms with Crippen molar-refractivity contribution >= 4 is 33.7 Å². The Hall–Kier alpha value is -2.61. The Morgan fingerprint density at radius 1 is 1.38 bits per heavy atom. The first-order chi connectivity index (χ1) is 11.5. The molecular formula is C16H15BrFN3O3. The molecule has 6 nitrogen and oxygen atoms in total. The zero-order chi connectivity index (χ0) is 17.5. The first-order valence-corrected chi connectivity index (χ1v) is 7.66. The van der Waals surface area contributed by atoms with E-state index in [9.17, 15) is 14.3 Å². The number of hydrogen-bond acceptors (Lipinski definition) is 5. The van der Waals surface area contributed by atoms with Gasteiger partial charge in [-0.15, -0.1) is 0 Å². The predicted molar refractivity (Wildman–Crippen MR) is 93.0 cm³/mol. The molecule has 0 aromatic heterocycles. The van der Waals surface area contributed by atoms with Crippen molar-refractivity contribution in [1.29, 1.82) is 0 Å². The lowest BCUT2D eigenvalue weighted by Crippen LogP contribution is -2.25. The highest BCUT2D eigenvalue weighted by molar-refractivity contribution is 9.10. The molecule has 0 radical (unpaired) electrons. The molecule has 0 saturated carbocycles. The van der Waals surface area contributed by atoms with E-state index >= 15 is 0 Å². The number of carbonyl (C=O) groups is 1. The summed E-state index contributed by atoms with van der Waals surface area (Å²) in [5.41, 5.74) is 3.32. The van der Waals surface area contributed by atoms with E-state index in [-0.39, 0.29) is 18.1 Å². The van der Waals surface area contributed by atoms with Crippen molar-refractivity contribution in [3.8, 4) is 11.5 Å². The zero-order valence-corrected chi connectivity index (χ0v) is 14.3. The minimum Gasteiger partial charge on any atom is -0.506 e. The van der Waals surface area contributed by atoms with Gasteiger partial charge in [0.1, 0.15) is 17.3 Å². The smallest absolute Gasteiger partial charge is 0.259 e. The first kappa shape index (κ1) is 17.7. The molecule has 0 spiro atoms. The van der Waals surface area contributed by atoms with Crippen LogP contribution in [0.1, 0.15) is 5.56 Å². The van der Waals surface area contributed by atoms with Crippen LogP contribution >= 0.6 is 15.9 Å². The second kappa shape index (κ2) is 8.30. The van der Waals surface area contributed by atoms with Gasteiger partial charge in [0.25, 0.3) is 5.91 Å². The summed E-state index contributed by atoms with van der Waals surface area (Å²) in [5.74, 6) is -0.223. The average Bonchev–Trinajstić information content (AvgIpc) is 2.58. The Balaban J connectivity index is 1.90. The fraction of sp³-hybridized carbons (Fsp3) is 0.125. The molecule has 0 aliphatic rings. The fourth-order valence-electron chi connectivity index (χ4n) is 1.77. The maximum absolute atomic E-state index is 12.8. The van der Waals surface area contributed by atoms with Crippen LogP contribution in [-0.4, -0.2) is 30.9 Å². The highest BCUT2D eigenvalue weighted by atomic mass is 79.9. The van der Waals surface area contributed by atoms with E-state index in [1.54, 1.807) is 12.1 Å². The van der Waals surface area contributed by atoms with Crippen LogP contribution in [-0.2, 0) is 4.79 Å². The molecule has 0 atom stereocenters. The number of hydrazone groups is 1. The quantitative estimate of drug-likeness (QED) is 0.518. The van der Waals surface area contributed by atoms with E-state index in [4.69, 9.17) is 4.74 Å². The van der Waals surface area contributed by atoms with Crippen molar-refractivity contribution in [2.45, 2.75) is 0 Å². The minimum absolute atomic E-state index is 0.0155. The lowest BCUT2D eigenvalue weighted by molar-refractivity contribution is -0.119. The molecule has 0 bridgehead atoms. The van der Waals surface area contributed by atoms with Crippen LogP contribution in [0.15, 0.2) is 46.0 Å². The van der Waals surface area contributed by atoms with Crippen LogP contribution in [0.25, 0.3) is 0 Å². The van der Waals surface area contributed by atoms with Crippen LogP contribution in [0.2, 0.25) is 0 Å². The lowest BCUT2D eigenvalue weighted by Gasteiger charge is -2.06. The molecule has 3 N–H and O–H groups in total. The SMILES string of the molecule is COc1cc(Br)c(O)c(/C=N\NC(=O)CNc2ccc(F)cc2)c1. The number of carbonyl (C=O) groups excluding carboxylic acids is 1. The van der Waals surface area contributed by atoms with E-state index in [1.807, 2.05) is 0 Å². The molecule has 0 saturated heterocycles. The largest absolute Gasteiger partial charge is 0.506 e. The van der Waals surface area contributed by atoms with Gasteiger partial charge in [-0.05, 0) is 52.3 Å². The molecule has 2 aromatic carbocycles. The number of amides is 1. The van der Waals surface area contributed by atoms with Crippen molar-refractivity contribution in [3.63, 3.8) is 0 Å². The molecule has 0 unspecified atom stereocenters. The lowest BCUT2D eigenvalue weighted by atomic mass is 10.2. The van der Waals surface area contributed by atoms with E-state index in [0.29, 0.717) is 21.5 Å². The molecule has 2 aromatic rings. The number of nitrogens with zero attached hydrogens (tertiary/aromatic N) is 1. The van der Waals surface area contributed by atoms with Gasteiger partial charge in [0, 0.05) is 11.3 Å². The van der Waals surface area contributed by atoms with Gasteiger partial charge in [-0.1, -0.05) is 0 Å². The summed E-state index contributed by atoms with van der Waals surface area (Å²) >= 11 is 3.20. The number of halogens is 2. The maximum atomic E-state index is 12.8. The molecule has 0 aliphatic heterocycles. The van der Waals surface area contributed by atoms with Crippen molar-refractivity contribution in [1.82, 2.24) is 5.43 Å². The molecule has 0 heterocycles. The van der Waals surface area contributed by atoms with E-state index < -0.39 is 5.91 Å². The summed E-state index contributed by atoms with van der Waals surface area (Å²) in [6.07, 6.45) is 1.30. The number of ether oxygens (including phenoxy) is 1. The Bertz CT molecular complexity index is 751. The van der Waals surface area contributed by atoms with Crippen LogP contribution in [0.3, 0.4) is 0 Å². The number of rotatable bonds is 6. The van der Waals surface area contributed by atoms with Crippen molar-refractivity contribution < 1.29 is 19.0 Å². The Morgan fingerprint density at radius 3 is 2.75 bits per heavy atom. The number of aromatic hydroxyl groups is 1. The van der Waals surface area contributed by atoms with Gasteiger partial charge in [-0.25, -0.2) is 9.82 Å². The van der Waals surface area contributed by atoms with Gasteiger partial charge >= 0.3 is 0 Å². The van der Waals surface area contributed by atoms with Crippen molar-refractivity contribution in [2.24, 2.45) is 5.10 Å². The third-order valence-electron chi connectivity index (χ3n) is 2.99. The molecule has 2 rings (SSSR count). The number of benzene rings is 2. The monoisotopic (exact) mass is 395 g/mol. The molecule has 24 heavy (non-hydrogen) atoms.